The van der Waals surface area contributed by atoms with Crippen LogP contribution in [0, 0.1) is 0 Å². The number of nitrogens with one attached hydrogen (secondary N) is 1. The van der Waals surface area contributed by atoms with Crippen molar-refractivity contribution in [3.8, 4) is 34.1 Å². The highest BCUT2D eigenvalue weighted by molar-refractivity contribution is 5.98. The average molecular weight is 421 g/mol. The predicted molar refractivity (Wildman–Crippen MR) is 114 cm³/mol. The summed E-state index contributed by atoms with van der Waals surface area (Å²) in [6.07, 6.45) is 5.51. The maximum absolute atomic E-state index is 12.9. The van der Waals surface area contributed by atoms with Crippen molar-refractivity contribution in [1.29, 1.82) is 0 Å². The number of carbonyl (C=O) groups excluding carboxylic acids is 1. The van der Waals surface area contributed by atoms with Crippen LogP contribution in [0.1, 0.15) is 15.9 Å². The minimum absolute atomic E-state index is 0.184. The van der Waals surface area contributed by atoms with Gasteiger partial charge in [-0.15, -0.1) is 0 Å². The number of amides is 1. The normalized spacial score (nSPS) is 14.4. The Balaban J connectivity index is 1.48. The number of methoxy groups -OCH3 is 3. The summed E-state index contributed by atoms with van der Waals surface area (Å²) in [6.45, 7) is 0.343. The standard InChI is InChI=1S/C23H23N3O5/c1-28-19-8-7-18(21(29-2)22(19)30-3)23(27)26-12-16-9-14-5-4-6-17(20(14)31-16)15-10-24-13-25-11-15/h4-8,10-11,13,16H,9,12H2,1-3H3,(H,26,27). The minimum Gasteiger partial charge on any atom is -0.493 e. The highest BCUT2D eigenvalue weighted by Crippen LogP contribution is 2.40. The number of hydrogen-bond acceptors (Lipinski definition) is 7. The van der Waals surface area contributed by atoms with Crippen LogP contribution in [0.25, 0.3) is 11.1 Å². The molecule has 0 spiro atoms. The van der Waals surface area contributed by atoms with Gasteiger partial charge in [-0.2, -0.15) is 0 Å². The smallest absolute Gasteiger partial charge is 0.255 e. The topological polar surface area (TPSA) is 91.8 Å². The van der Waals surface area contributed by atoms with Crippen LogP contribution in [0.5, 0.6) is 23.0 Å². The van der Waals surface area contributed by atoms with Gasteiger partial charge in [-0.1, -0.05) is 18.2 Å². The average Bonchev–Trinajstić information content (AvgIpc) is 3.25. The van der Waals surface area contributed by atoms with Gasteiger partial charge in [-0.05, 0) is 17.7 Å². The Morgan fingerprint density at radius 3 is 2.55 bits per heavy atom. The summed E-state index contributed by atoms with van der Waals surface area (Å²) in [4.78, 5) is 21.0. The number of hydrogen-bond donors (Lipinski definition) is 1. The third-order valence-electron chi connectivity index (χ3n) is 5.14. The lowest BCUT2D eigenvalue weighted by molar-refractivity contribution is 0.0930. The van der Waals surface area contributed by atoms with E-state index in [0.717, 1.165) is 22.4 Å². The SMILES string of the molecule is COc1ccc(C(=O)NCC2Cc3cccc(-c4cncnc4)c3O2)c(OC)c1OC. The number of ether oxygens (including phenoxy) is 4. The van der Waals surface area contributed by atoms with Crippen molar-refractivity contribution in [3.63, 3.8) is 0 Å². The van der Waals surface area contributed by atoms with E-state index in [0.29, 0.717) is 35.8 Å². The van der Waals surface area contributed by atoms with Gasteiger partial charge in [-0.3, -0.25) is 4.79 Å². The van der Waals surface area contributed by atoms with Crippen molar-refractivity contribution in [1.82, 2.24) is 15.3 Å². The molecule has 1 unspecified atom stereocenters. The fourth-order valence-corrected chi connectivity index (χ4v) is 3.70. The molecule has 3 aromatic rings. The van der Waals surface area contributed by atoms with E-state index in [9.17, 15) is 4.79 Å². The van der Waals surface area contributed by atoms with E-state index < -0.39 is 0 Å². The molecule has 2 aromatic carbocycles. The number of para-hydroxylation sites is 1. The van der Waals surface area contributed by atoms with Gasteiger partial charge >= 0.3 is 0 Å². The van der Waals surface area contributed by atoms with Gasteiger partial charge < -0.3 is 24.3 Å². The van der Waals surface area contributed by atoms with Crippen LogP contribution < -0.4 is 24.3 Å². The van der Waals surface area contributed by atoms with E-state index in [4.69, 9.17) is 18.9 Å². The molecule has 1 N–H and O–H groups in total. The molecule has 160 valence electrons. The van der Waals surface area contributed by atoms with Gasteiger partial charge in [0.25, 0.3) is 5.91 Å². The molecule has 1 aromatic heterocycles. The number of benzene rings is 2. The van der Waals surface area contributed by atoms with E-state index in [1.807, 2.05) is 18.2 Å². The first-order chi connectivity index (χ1) is 15.2. The maximum atomic E-state index is 12.9. The van der Waals surface area contributed by atoms with Crippen LogP contribution >= 0.6 is 0 Å². The molecule has 1 aliphatic rings. The molecule has 31 heavy (non-hydrogen) atoms. The van der Waals surface area contributed by atoms with Crippen molar-refractivity contribution < 1.29 is 23.7 Å². The molecule has 1 amide bonds. The molecule has 0 fully saturated rings. The largest absolute Gasteiger partial charge is 0.493 e. The Morgan fingerprint density at radius 1 is 1.06 bits per heavy atom. The van der Waals surface area contributed by atoms with E-state index in [1.54, 1.807) is 24.5 Å². The van der Waals surface area contributed by atoms with Gasteiger partial charge in [0.05, 0.1) is 33.4 Å². The van der Waals surface area contributed by atoms with Crippen molar-refractivity contribution >= 4 is 5.91 Å². The molecular formula is C23H23N3O5. The summed E-state index contributed by atoms with van der Waals surface area (Å²) in [5.41, 5.74) is 3.27. The summed E-state index contributed by atoms with van der Waals surface area (Å²) in [5, 5.41) is 2.93. The fraction of sp³-hybridized carbons (Fsp3) is 0.261. The molecule has 1 atom stereocenters. The highest BCUT2D eigenvalue weighted by Gasteiger charge is 2.27. The first kappa shape index (κ1) is 20.5. The monoisotopic (exact) mass is 421 g/mol. The first-order valence-corrected chi connectivity index (χ1v) is 9.77. The zero-order valence-corrected chi connectivity index (χ0v) is 17.5. The third kappa shape index (κ3) is 3.96. The maximum Gasteiger partial charge on any atom is 0.255 e. The Morgan fingerprint density at radius 2 is 1.84 bits per heavy atom. The zero-order valence-electron chi connectivity index (χ0n) is 17.5. The molecule has 1 aliphatic heterocycles. The van der Waals surface area contributed by atoms with E-state index in [-0.39, 0.29) is 12.0 Å². The second-order valence-electron chi connectivity index (χ2n) is 6.96. The summed E-state index contributed by atoms with van der Waals surface area (Å²) in [7, 11) is 4.52. The first-order valence-electron chi connectivity index (χ1n) is 9.77. The molecule has 4 rings (SSSR count). The van der Waals surface area contributed by atoms with Gasteiger partial charge in [0.1, 0.15) is 18.2 Å². The summed E-state index contributed by atoms with van der Waals surface area (Å²) >= 11 is 0. The predicted octanol–water partition coefficient (Wildman–Crippen LogP) is 2.90. The Bertz CT molecular complexity index is 1090. The van der Waals surface area contributed by atoms with E-state index >= 15 is 0 Å². The molecule has 0 saturated heterocycles. The van der Waals surface area contributed by atoms with E-state index in [1.165, 1.54) is 27.7 Å². The van der Waals surface area contributed by atoms with Crippen molar-refractivity contribution in [3.05, 3.63) is 60.2 Å². The zero-order chi connectivity index (χ0) is 21.8. The van der Waals surface area contributed by atoms with Gasteiger partial charge in [0.2, 0.25) is 5.75 Å². The van der Waals surface area contributed by atoms with Crippen molar-refractivity contribution in [2.45, 2.75) is 12.5 Å². The van der Waals surface area contributed by atoms with Crippen molar-refractivity contribution in [2.75, 3.05) is 27.9 Å². The summed E-state index contributed by atoms with van der Waals surface area (Å²) < 4.78 is 22.2. The molecule has 0 saturated carbocycles. The van der Waals surface area contributed by atoms with Crippen LogP contribution in [-0.2, 0) is 6.42 Å². The number of fused-ring (bicyclic) bond motifs is 1. The molecule has 2 heterocycles. The lowest BCUT2D eigenvalue weighted by Crippen LogP contribution is -2.34. The number of carbonyl (C=O) groups is 1. The van der Waals surface area contributed by atoms with Gasteiger partial charge in [0, 0.05) is 29.9 Å². The molecule has 0 aliphatic carbocycles. The molecule has 8 heteroatoms. The molecule has 0 bridgehead atoms. The van der Waals surface area contributed by atoms with Crippen LogP contribution in [0.15, 0.2) is 49.1 Å². The minimum atomic E-state index is -0.283. The van der Waals surface area contributed by atoms with Crippen molar-refractivity contribution in [2.24, 2.45) is 0 Å². The summed E-state index contributed by atoms with van der Waals surface area (Å²) in [6, 6.07) is 9.31. The Kier molecular flexibility index (Phi) is 5.88. The van der Waals surface area contributed by atoms with Gasteiger partial charge in [0.15, 0.2) is 11.5 Å². The number of rotatable bonds is 7. The number of nitrogens with zero attached hydrogens (tertiary/aromatic N) is 2. The molecule has 0 radical (unpaired) electrons. The Hall–Kier alpha value is -3.81. The number of aromatic nitrogens is 2. The molecule has 8 nitrogen and oxygen atoms in total. The summed E-state index contributed by atoms with van der Waals surface area (Å²) in [5.74, 6) is 1.70. The third-order valence-corrected chi connectivity index (χ3v) is 5.14. The lowest BCUT2D eigenvalue weighted by atomic mass is 10.0. The van der Waals surface area contributed by atoms with Crippen LogP contribution in [0.3, 0.4) is 0 Å². The van der Waals surface area contributed by atoms with Crippen LogP contribution in [0.2, 0.25) is 0 Å². The van der Waals surface area contributed by atoms with Gasteiger partial charge in [-0.25, -0.2) is 9.97 Å². The highest BCUT2D eigenvalue weighted by atomic mass is 16.5. The van der Waals surface area contributed by atoms with E-state index in [2.05, 4.69) is 15.3 Å². The fourth-order valence-electron chi connectivity index (χ4n) is 3.70. The quantitative estimate of drug-likeness (QED) is 0.627. The molecular weight excluding hydrogens is 398 g/mol. The lowest BCUT2D eigenvalue weighted by Gasteiger charge is -2.17. The van der Waals surface area contributed by atoms with Crippen LogP contribution in [-0.4, -0.2) is 49.9 Å². The van der Waals surface area contributed by atoms with Crippen LogP contribution in [0.4, 0.5) is 0 Å². The second kappa shape index (κ2) is 8.91. The second-order valence-corrected chi connectivity index (χ2v) is 6.96. The Labute approximate surface area is 180 Å².